The molecular weight excluding hydrogens is 304 g/mol. The number of aromatic nitrogens is 3. The van der Waals surface area contributed by atoms with Crippen LogP contribution in [0.1, 0.15) is 24.1 Å². The highest BCUT2D eigenvalue weighted by atomic mass is 16.2. The molecule has 0 aliphatic rings. The van der Waals surface area contributed by atoms with Gasteiger partial charge in [0.25, 0.3) is 5.56 Å². The molecule has 0 bridgehead atoms. The maximum absolute atomic E-state index is 12.4. The zero-order valence-electron chi connectivity index (χ0n) is 13.6. The number of nitrogens with zero attached hydrogens (tertiary/aromatic N) is 3. The largest absolute Gasteiger partial charge is 0.348 e. The summed E-state index contributed by atoms with van der Waals surface area (Å²) in [4.78, 5) is 32.8. The third-order valence-electron chi connectivity index (χ3n) is 3.94. The first-order chi connectivity index (χ1) is 11.6. The third-order valence-corrected chi connectivity index (χ3v) is 3.94. The number of pyridine rings is 1. The van der Waals surface area contributed by atoms with Crippen LogP contribution >= 0.6 is 0 Å². The van der Waals surface area contributed by atoms with Gasteiger partial charge in [-0.05, 0) is 37.1 Å². The quantitative estimate of drug-likeness (QED) is 0.797. The lowest BCUT2D eigenvalue weighted by Gasteiger charge is -2.17. The van der Waals surface area contributed by atoms with Gasteiger partial charge in [0.15, 0.2) is 5.65 Å². The fourth-order valence-electron chi connectivity index (χ4n) is 2.70. The van der Waals surface area contributed by atoms with Crippen LogP contribution in [0.5, 0.6) is 0 Å². The first kappa shape index (κ1) is 15.9. The molecule has 6 heteroatoms. The number of benzene rings is 1. The van der Waals surface area contributed by atoms with Gasteiger partial charge in [0.2, 0.25) is 5.91 Å². The summed E-state index contributed by atoms with van der Waals surface area (Å²) < 4.78 is 1.30. The van der Waals surface area contributed by atoms with Crippen molar-refractivity contribution in [2.24, 2.45) is 0 Å². The molecule has 0 aliphatic heterocycles. The molecule has 2 heterocycles. The van der Waals surface area contributed by atoms with Crippen LogP contribution in [0.4, 0.5) is 0 Å². The highest BCUT2D eigenvalue weighted by Gasteiger charge is 2.13. The van der Waals surface area contributed by atoms with E-state index in [2.05, 4.69) is 15.3 Å². The Hall–Kier alpha value is -3.02. The molecule has 0 saturated heterocycles. The molecule has 6 nitrogen and oxygen atoms in total. The minimum absolute atomic E-state index is 0.0765. The van der Waals surface area contributed by atoms with Gasteiger partial charge < -0.3 is 5.32 Å². The summed E-state index contributed by atoms with van der Waals surface area (Å²) in [5.74, 6) is -0.238. The Kier molecular flexibility index (Phi) is 4.37. The average Bonchev–Trinajstić information content (AvgIpc) is 2.58. The maximum Gasteiger partial charge on any atom is 0.263 e. The van der Waals surface area contributed by atoms with Gasteiger partial charge >= 0.3 is 0 Å². The highest BCUT2D eigenvalue weighted by molar-refractivity contribution is 5.77. The summed E-state index contributed by atoms with van der Waals surface area (Å²) >= 11 is 0. The van der Waals surface area contributed by atoms with E-state index in [1.54, 1.807) is 18.3 Å². The van der Waals surface area contributed by atoms with Gasteiger partial charge in [-0.2, -0.15) is 0 Å². The van der Waals surface area contributed by atoms with E-state index in [0.717, 1.165) is 11.1 Å². The predicted molar refractivity (Wildman–Crippen MR) is 91.5 cm³/mol. The van der Waals surface area contributed by atoms with E-state index in [-0.39, 0.29) is 24.1 Å². The number of aryl methyl sites for hydroxylation is 1. The molecule has 1 unspecified atom stereocenters. The molecule has 3 rings (SSSR count). The van der Waals surface area contributed by atoms with Crippen LogP contribution in [0.2, 0.25) is 0 Å². The zero-order valence-corrected chi connectivity index (χ0v) is 13.6. The number of carbonyl (C=O) groups excluding carboxylic acids is 1. The number of nitrogens with one attached hydrogen (secondary N) is 1. The molecular formula is C18H18N4O2. The van der Waals surface area contributed by atoms with E-state index in [0.29, 0.717) is 11.0 Å². The van der Waals surface area contributed by atoms with E-state index in [1.165, 1.54) is 10.9 Å². The standard InChI is InChI=1S/C18H18N4O2/c1-12-6-3-4-7-14(12)13(2)21-16(23)10-22-11-20-17-15(18(22)24)8-5-9-19-17/h3-9,11,13H,10H2,1-2H3,(H,21,23). The topological polar surface area (TPSA) is 76.9 Å². The van der Waals surface area contributed by atoms with Gasteiger partial charge in [-0.3, -0.25) is 14.2 Å². The molecule has 1 amide bonds. The van der Waals surface area contributed by atoms with Gasteiger partial charge in [-0.1, -0.05) is 24.3 Å². The lowest BCUT2D eigenvalue weighted by atomic mass is 10.0. The van der Waals surface area contributed by atoms with E-state index in [4.69, 9.17) is 0 Å². The second kappa shape index (κ2) is 6.62. The first-order valence-electron chi connectivity index (χ1n) is 7.71. The van der Waals surface area contributed by atoms with Crippen molar-refractivity contribution in [2.45, 2.75) is 26.4 Å². The summed E-state index contributed by atoms with van der Waals surface area (Å²) in [6.45, 7) is 3.85. The van der Waals surface area contributed by atoms with Crippen molar-refractivity contribution in [3.05, 3.63) is 70.4 Å². The average molecular weight is 322 g/mol. The Bertz CT molecular complexity index is 949. The predicted octanol–water partition coefficient (Wildman–Crippen LogP) is 1.98. The summed E-state index contributed by atoms with van der Waals surface area (Å²) in [6, 6.07) is 11.1. The summed E-state index contributed by atoms with van der Waals surface area (Å²) in [7, 11) is 0. The number of carbonyl (C=O) groups is 1. The monoisotopic (exact) mass is 322 g/mol. The SMILES string of the molecule is Cc1ccccc1C(C)NC(=O)Cn1cnc2ncccc2c1=O. The number of hydrogen-bond donors (Lipinski definition) is 1. The van der Waals surface area contributed by atoms with Crippen molar-refractivity contribution < 1.29 is 4.79 Å². The van der Waals surface area contributed by atoms with Crippen molar-refractivity contribution >= 4 is 16.9 Å². The van der Waals surface area contributed by atoms with Crippen molar-refractivity contribution in [3.8, 4) is 0 Å². The minimum atomic E-state index is -0.271. The van der Waals surface area contributed by atoms with Crippen molar-refractivity contribution in [1.82, 2.24) is 19.9 Å². The zero-order chi connectivity index (χ0) is 17.1. The van der Waals surface area contributed by atoms with Crippen LogP contribution in [0.3, 0.4) is 0 Å². The lowest BCUT2D eigenvalue weighted by Crippen LogP contribution is -2.34. The fourth-order valence-corrected chi connectivity index (χ4v) is 2.70. The Balaban J connectivity index is 1.77. The number of hydrogen-bond acceptors (Lipinski definition) is 4. The molecule has 0 spiro atoms. The first-order valence-corrected chi connectivity index (χ1v) is 7.71. The molecule has 24 heavy (non-hydrogen) atoms. The van der Waals surface area contributed by atoms with Crippen LogP contribution in [0.25, 0.3) is 11.0 Å². The maximum atomic E-state index is 12.4. The molecule has 3 aromatic rings. The van der Waals surface area contributed by atoms with E-state index in [9.17, 15) is 9.59 Å². The van der Waals surface area contributed by atoms with Gasteiger partial charge in [-0.25, -0.2) is 9.97 Å². The normalized spacial score (nSPS) is 12.1. The molecule has 1 aromatic carbocycles. The number of rotatable bonds is 4. The third kappa shape index (κ3) is 3.17. The second-order valence-corrected chi connectivity index (χ2v) is 5.70. The van der Waals surface area contributed by atoms with Crippen LogP contribution in [0.15, 0.2) is 53.7 Å². The molecule has 1 atom stereocenters. The van der Waals surface area contributed by atoms with Crippen molar-refractivity contribution in [1.29, 1.82) is 0 Å². The van der Waals surface area contributed by atoms with E-state index < -0.39 is 0 Å². The Morgan fingerprint density at radius 2 is 2.00 bits per heavy atom. The van der Waals surface area contributed by atoms with Gasteiger partial charge in [-0.15, -0.1) is 0 Å². The Morgan fingerprint density at radius 1 is 1.21 bits per heavy atom. The molecule has 0 radical (unpaired) electrons. The molecule has 2 aromatic heterocycles. The minimum Gasteiger partial charge on any atom is -0.348 e. The molecule has 122 valence electrons. The van der Waals surface area contributed by atoms with Gasteiger partial charge in [0.1, 0.15) is 12.9 Å². The Labute approximate surface area is 139 Å². The Morgan fingerprint density at radius 3 is 2.79 bits per heavy atom. The summed E-state index contributed by atoms with van der Waals surface area (Å²) in [5.41, 5.74) is 2.28. The van der Waals surface area contributed by atoms with E-state index in [1.807, 2.05) is 38.1 Å². The van der Waals surface area contributed by atoms with Crippen LogP contribution in [-0.4, -0.2) is 20.4 Å². The highest BCUT2D eigenvalue weighted by Crippen LogP contribution is 2.16. The van der Waals surface area contributed by atoms with Crippen molar-refractivity contribution in [2.75, 3.05) is 0 Å². The second-order valence-electron chi connectivity index (χ2n) is 5.70. The van der Waals surface area contributed by atoms with E-state index >= 15 is 0 Å². The molecule has 1 N–H and O–H groups in total. The van der Waals surface area contributed by atoms with Crippen LogP contribution in [-0.2, 0) is 11.3 Å². The molecule has 0 saturated carbocycles. The molecule has 0 fully saturated rings. The number of fused-ring (bicyclic) bond motifs is 1. The number of amides is 1. The smallest absolute Gasteiger partial charge is 0.263 e. The lowest BCUT2D eigenvalue weighted by molar-refractivity contribution is -0.122. The molecule has 0 aliphatic carbocycles. The van der Waals surface area contributed by atoms with Gasteiger partial charge in [0, 0.05) is 6.20 Å². The van der Waals surface area contributed by atoms with Gasteiger partial charge in [0.05, 0.1) is 11.4 Å². The summed E-state index contributed by atoms with van der Waals surface area (Å²) in [5, 5.41) is 3.32. The van der Waals surface area contributed by atoms with Crippen molar-refractivity contribution in [3.63, 3.8) is 0 Å². The van der Waals surface area contributed by atoms with Crippen LogP contribution < -0.4 is 10.9 Å². The van der Waals surface area contributed by atoms with Crippen LogP contribution in [0, 0.1) is 6.92 Å². The fraction of sp³-hybridized carbons (Fsp3) is 0.222. The summed E-state index contributed by atoms with van der Waals surface area (Å²) in [6.07, 6.45) is 2.94.